The van der Waals surface area contributed by atoms with Gasteiger partial charge >= 0.3 is 0 Å². The van der Waals surface area contributed by atoms with Crippen LogP contribution in [0, 0.1) is 6.92 Å². The maximum Gasteiger partial charge on any atom is 0.243 e. The second-order valence-corrected chi connectivity index (χ2v) is 3.72. The lowest BCUT2D eigenvalue weighted by Crippen LogP contribution is -2.23. The number of carbonyl (C=O) groups excluding carboxylic acids is 1. The van der Waals surface area contributed by atoms with Gasteiger partial charge in [-0.2, -0.15) is 0 Å². The van der Waals surface area contributed by atoms with Gasteiger partial charge in [-0.25, -0.2) is 4.98 Å². The van der Waals surface area contributed by atoms with Gasteiger partial charge in [0.15, 0.2) is 5.15 Å². The lowest BCUT2D eigenvalue weighted by molar-refractivity contribution is -0.119. The van der Waals surface area contributed by atoms with E-state index >= 15 is 0 Å². The van der Waals surface area contributed by atoms with Crippen LogP contribution in [0.2, 0.25) is 5.15 Å². The first-order valence-corrected chi connectivity index (χ1v) is 4.93. The van der Waals surface area contributed by atoms with Gasteiger partial charge < -0.3 is 10.6 Å². The summed E-state index contributed by atoms with van der Waals surface area (Å²) in [6.45, 7) is 2.34. The van der Waals surface area contributed by atoms with E-state index in [2.05, 4.69) is 25.8 Å². The fourth-order valence-electron chi connectivity index (χ4n) is 1.34. The number of amides is 1. The minimum atomic E-state index is 0.0277. The number of nitrogens with one attached hydrogen (secondary N) is 2. The van der Waals surface area contributed by atoms with Gasteiger partial charge in [0.2, 0.25) is 11.9 Å². The maximum absolute atomic E-state index is 10.9. The third-order valence-electron chi connectivity index (χ3n) is 2.12. The van der Waals surface area contributed by atoms with Crippen LogP contribution in [0.4, 0.5) is 5.95 Å². The van der Waals surface area contributed by atoms with E-state index in [9.17, 15) is 4.79 Å². The average Bonchev–Trinajstić information content (AvgIpc) is 2.58. The Hall–Kier alpha value is -1.43. The number of rotatable bonds is 2. The van der Waals surface area contributed by atoms with Crippen LogP contribution in [0.3, 0.4) is 0 Å². The minimum Gasteiger partial charge on any atom is -0.354 e. The SMILES string of the molecule is Cc1nc(N[C@@H]2CNC(=O)C2)nnc1Cl. The van der Waals surface area contributed by atoms with Gasteiger partial charge in [-0.05, 0) is 6.92 Å². The van der Waals surface area contributed by atoms with E-state index in [1.54, 1.807) is 6.92 Å². The molecule has 6 nitrogen and oxygen atoms in total. The normalized spacial score (nSPS) is 20.1. The van der Waals surface area contributed by atoms with Gasteiger partial charge in [0.25, 0.3) is 0 Å². The topological polar surface area (TPSA) is 79.8 Å². The van der Waals surface area contributed by atoms with Crippen molar-refractivity contribution in [3.63, 3.8) is 0 Å². The molecule has 1 aliphatic heterocycles. The van der Waals surface area contributed by atoms with E-state index in [4.69, 9.17) is 11.6 Å². The number of nitrogens with zero attached hydrogens (tertiary/aromatic N) is 3. The lowest BCUT2D eigenvalue weighted by Gasteiger charge is -2.09. The van der Waals surface area contributed by atoms with Crippen molar-refractivity contribution < 1.29 is 4.79 Å². The summed E-state index contributed by atoms with van der Waals surface area (Å²) in [4.78, 5) is 15.0. The molecule has 0 unspecified atom stereocenters. The number of aryl methyl sites for hydroxylation is 1. The Morgan fingerprint density at radius 2 is 2.33 bits per heavy atom. The number of aromatic nitrogens is 3. The molecule has 1 aromatic rings. The highest BCUT2D eigenvalue weighted by Crippen LogP contribution is 2.11. The predicted molar refractivity (Wildman–Crippen MR) is 54.6 cm³/mol. The number of hydrogen-bond donors (Lipinski definition) is 2. The third kappa shape index (κ3) is 2.33. The summed E-state index contributed by atoms with van der Waals surface area (Å²) in [6.07, 6.45) is 0.436. The molecular weight excluding hydrogens is 218 g/mol. The fourth-order valence-corrected chi connectivity index (χ4v) is 1.42. The lowest BCUT2D eigenvalue weighted by atomic mass is 10.3. The third-order valence-corrected chi connectivity index (χ3v) is 2.46. The molecule has 15 heavy (non-hydrogen) atoms. The molecule has 0 aromatic carbocycles. The van der Waals surface area contributed by atoms with Crippen LogP contribution in [-0.4, -0.2) is 33.7 Å². The van der Waals surface area contributed by atoms with Crippen LogP contribution < -0.4 is 10.6 Å². The maximum atomic E-state index is 10.9. The van der Waals surface area contributed by atoms with Gasteiger partial charge in [0, 0.05) is 13.0 Å². The quantitative estimate of drug-likeness (QED) is 0.751. The molecule has 1 amide bonds. The van der Waals surface area contributed by atoms with Crippen LogP contribution in [0.25, 0.3) is 0 Å². The summed E-state index contributed by atoms with van der Waals surface area (Å²) in [5, 5.41) is 13.5. The van der Waals surface area contributed by atoms with E-state index in [-0.39, 0.29) is 11.9 Å². The molecule has 2 heterocycles. The van der Waals surface area contributed by atoms with E-state index in [0.717, 1.165) is 0 Å². The molecule has 1 saturated heterocycles. The highest BCUT2D eigenvalue weighted by atomic mass is 35.5. The smallest absolute Gasteiger partial charge is 0.243 e. The number of halogens is 1. The Balaban J connectivity index is 2.05. The summed E-state index contributed by atoms with van der Waals surface area (Å²) < 4.78 is 0. The minimum absolute atomic E-state index is 0.0277. The van der Waals surface area contributed by atoms with Crippen LogP contribution in [0.1, 0.15) is 12.1 Å². The Morgan fingerprint density at radius 3 is 2.93 bits per heavy atom. The van der Waals surface area contributed by atoms with Crippen molar-refractivity contribution in [1.29, 1.82) is 0 Å². The predicted octanol–water partition coefficient (Wildman–Crippen LogP) is 0.134. The summed E-state index contributed by atoms with van der Waals surface area (Å²) in [7, 11) is 0. The first kappa shape index (κ1) is 10.1. The molecule has 1 aromatic heterocycles. The summed E-state index contributed by atoms with van der Waals surface area (Å²) in [5.41, 5.74) is 0.617. The Morgan fingerprint density at radius 1 is 1.53 bits per heavy atom. The second-order valence-electron chi connectivity index (χ2n) is 3.36. The molecule has 0 saturated carbocycles. The summed E-state index contributed by atoms with van der Waals surface area (Å²) in [5.74, 6) is 0.435. The van der Waals surface area contributed by atoms with Crippen molar-refractivity contribution in [3.8, 4) is 0 Å². The second kappa shape index (κ2) is 3.98. The molecule has 2 rings (SSSR count). The Bertz CT molecular complexity index is 397. The van der Waals surface area contributed by atoms with Crippen LogP contribution >= 0.6 is 11.6 Å². The standard InChI is InChI=1S/C8H10ClN5O/c1-4-7(9)13-14-8(11-4)12-5-2-6(15)10-3-5/h5H,2-3H2,1H3,(H,10,15)(H,11,12,14)/t5-/m0/s1. The molecule has 7 heteroatoms. The largest absolute Gasteiger partial charge is 0.354 e. The van der Waals surface area contributed by atoms with Gasteiger partial charge in [-0.3, -0.25) is 4.79 Å². The van der Waals surface area contributed by atoms with Crippen molar-refractivity contribution in [2.45, 2.75) is 19.4 Å². The zero-order valence-corrected chi connectivity index (χ0v) is 8.88. The fraction of sp³-hybridized carbons (Fsp3) is 0.500. The molecule has 1 aliphatic rings. The molecular formula is C8H10ClN5O. The molecule has 2 N–H and O–H groups in total. The van der Waals surface area contributed by atoms with Gasteiger partial charge in [-0.15, -0.1) is 10.2 Å². The number of hydrogen-bond acceptors (Lipinski definition) is 5. The van der Waals surface area contributed by atoms with Crippen LogP contribution in [0.15, 0.2) is 0 Å². The number of anilines is 1. The summed E-state index contributed by atoms with van der Waals surface area (Å²) in [6, 6.07) is 0.0277. The van der Waals surface area contributed by atoms with Crippen molar-refractivity contribution in [3.05, 3.63) is 10.8 Å². The van der Waals surface area contributed by atoms with E-state index in [1.165, 1.54) is 0 Å². The molecule has 0 aliphatic carbocycles. The monoisotopic (exact) mass is 227 g/mol. The summed E-state index contributed by atoms with van der Waals surface area (Å²) >= 11 is 5.69. The first-order chi connectivity index (χ1) is 7.15. The number of carbonyl (C=O) groups is 1. The first-order valence-electron chi connectivity index (χ1n) is 4.55. The van der Waals surface area contributed by atoms with Crippen molar-refractivity contribution in [2.24, 2.45) is 0 Å². The van der Waals surface area contributed by atoms with E-state index in [1.807, 2.05) is 0 Å². The van der Waals surface area contributed by atoms with Gasteiger partial charge in [0.05, 0.1) is 11.7 Å². The highest BCUT2D eigenvalue weighted by Gasteiger charge is 2.21. The van der Waals surface area contributed by atoms with Crippen molar-refractivity contribution >= 4 is 23.5 Å². The molecule has 80 valence electrons. The van der Waals surface area contributed by atoms with Crippen LogP contribution in [0.5, 0.6) is 0 Å². The average molecular weight is 228 g/mol. The zero-order chi connectivity index (χ0) is 10.8. The molecule has 1 fully saturated rings. The molecule has 0 radical (unpaired) electrons. The molecule has 0 spiro atoms. The molecule has 0 bridgehead atoms. The van der Waals surface area contributed by atoms with E-state index in [0.29, 0.717) is 29.8 Å². The zero-order valence-electron chi connectivity index (χ0n) is 8.12. The van der Waals surface area contributed by atoms with Gasteiger partial charge in [0.1, 0.15) is 0 Å². The van der Waals surface area contributed by atoms with Crippen molar-refractivity contribution in [1.82, 2.24) is 20.5 Å². The van der Waals surface area contributed by atoms with Crippen molar-refractivity contribution in [2.75, 3.05) is 11.9 Å². The van der Waals surface area contributed by atoms with E-state index < -0.39 is 0 Å². The Labute approximate surface area is 91.4 Å². The van der Waals surface area contributed by atoms with Crippen LogP contribution in [-0.2, 0) is 4.79 Å². The highest BCUT2D eigenvalue weighted by molar-refractivity contribution is 6.29. The Kier molecular flexibility index (Phi) is 2.68. The van der Waals surface area contributed by atoms with Gasteiger partial charge in [-0.1, -0.05) is 11.6 Å². The molecule has 1 atom stereocenters.